The summed E-state index contributed by atoms with van der Waals surface area (Å²) in [4.78, 5) is 6.81. The number of thioether (sulfide) groups is 1. The number of nitrogens with one attached hydrogen (secondary N) is 1. The van der Waals surface area contributed by atoms with Gasteiger partial charge in [0.05, 0.1) is 6.10 Å². The van der Waals surface area contributed by atoms with Crippen molar-refractivity contribution in [1.82, 2.24) is 10.2 Å². The first-order valence-electron chi connectivity index (χ1n) is 7.73. The molecule has 1 unspecified atom stereocenters. The second-order valence-electron chi connectivity index (χ2n) is 5.85. The predicted octanol–water partition coefficient (Wildman–Crippen LogP) is 3.07. The summed E-state index contributed by atoms with van der Waals surface area (Å²) in [6.45, 7) is 12.7. The molecular weight excluding hydrogens is 397 g/mol. The smallest absolute Gasteiger partial charge is 0.193 e. The van der Waals surface area contributed by atoms with Crippen LogP contribution in [0.4, 0.5) is 0 Å². The topological polar surface area (TPSA) is 36.9 Å². The first-order valence-corrected chi connectivity index (χ1v) is 8.78. The van der Waals surface area contributed by atoms with E-state index in [1.54, 1.807) is 0 Å². The Morgan fingerprint density at radius 1 is 1.38 bits per heavy atom. The van der Waals surface area contributed by atoms with Gasteiger partial charge in [-0.3, -0.25) is 4.99 Å². The number of hydrogen-bond acceptors (Lipinski definition) is 3. The van der Waals surface area contributed by atoms with Crippen molar-refractivity contribution < 1.29 is 4.74 Å². The average molecular weight is 429 g/mol. The lowest BCUT2D eigenvalue weighted by atomic mass is 10.1. The lowest BCUT2D eigenvalue weighted by molar-refractivity contribution is 0.0776. The fraction of sp³-hybridized carbons (Fsp3) is 0.933. The number of nitrogens with zero attached hydrogens (tertiary/aromatic N) is 2. The molecule has 1 fully saturated rings. The van der Waals surface area contributed by atoms with E-state index >= 15 is 0 Å². The van der Waals surface area contributed by atoms with Crippen molar-refractivity contribution in [2.75, 3.05) is 39.0 Å². The zero-order chi connectivity index (χ0) is 15.0. The fourth-order valence-corrected chi connectivity index (χ4v) is 3.49. The van der Waals surface area contributed by atoms with Gasteiger partial charge in [0, 0.05) is 44.3 Å². The minimum absolute atomic E-state index is 0. The highest BCUT2D eigenvalue weighted by Gasteiger charge is 2.24. The van der Waals surface area contributed by atoms with Crippen LogP contribution in [0.25, 0.3) is 0 Å². The molecule has 0 aromatic carbocycles. The number of ether oxygens (including phenoxy) is 1. The number of rotatable bonds is 6. The van der Waals surface area contributed by atoms with Crippen molar-refractivity contribution in [3.8, 4) is 0 Å². The summed E-state index contributed by atoms with van der Waals surface area (Å²) in [7, 11) is 1.87. The monoisotopic (exact) mass is 429 g/mol. The number of aliphatic imine (C=N–C) groups is 1. The zero-order valence-corrected chi connectivity index (χ0v) is 17.2. The summed E-state index contributed by atoms with van der Waals surface area (Å²) in [5.74, 6) is 2.96. The molecule has 0 aromatic rings. The van der Waals surface area contributed by atoms with Crippen molar-refractivity contribution in [3.63, 3.8) is 0 Å². The van der Waals surface area contributed by atoms with Crippen molar-refractivity contribution in [2.24, 2.45) is 10.9 Å². The molecule has 0 bridgehead atoms. The van der Waals surface area contributed by atoms with Crippen LogP contribution in [-0.2, 0) is 4.74 Å². The Balaban J connectivity index is 0.00000400. The Kier molecular flexibility index (Phi) is 12.0. The quantitative estimate of drug-likeness (QED) is 0.305. The van der Waals surface area contributed by atoms with Gasteiger partial charge in [-0.25, -0.2) is 0 Å². The highest BCUT2D eigenvalue weighted by molar-refractivity contribution is 14.0. The molecule has 1 saturated heterocycles. The predicted molar refractivity (Wildman–Crippen MR) is 105 cm³/mol. The molecule has 0 amide bonds. The van der Waals surface area contributed by atoms with Gasteiger partial charge in [-0.2, -0.15) is 11.8 Å². The van der Waals surface area contributed by atoms with E-state index in [1.165, 1.54) is 5.75 Å². The first-order chi connectivity index (χ1) is 9.54. The van der Waals surface area contributed by atoms with Crippen LogP contribution >= 0.6 is 35.7 Å². The van der Waals surface area contributed by atoms with Crippen LogP contribution in [0, 0.1) is 5.92 Å². The molecule has 4 nitrogen and oxygen atoms in total. The Morgan fingerprint density at radius 3 is 2.67 bits per heavy atom. The molecule has 1 atom stereocenters. The van der Waals surface area contributed by atoms with Crippen LogP contribution in [0.15, 0.2) is 4.99 Å². The largest absolute Gasteiger partial charge is 0.379 e. The van der Waals surface area contributed by atoms with Crippen LogP contribution in [0.1, 0.15) is 34.1 Å². The molecule has 0 aromatic heterocycles. The number of hydrogen-bond donors (Lipinski definition) is 1. The Hall–Kier alpha value is 0.310. The molecule has 1 N–H and O–H groups in total. The molecule has 21 heavy (non-hydrogen) atoms. The molecule has 0 aliphatic carbocycles. The van der Waals surface area contributed by atoms with E-state index in [0.29, 0.717) is 11.4 Å². The van der Waals surface area contributed by atoms with E-state index < -0.39 is 0 Å². The fourth-order valence-electron chi connectivity index (χ4n) is 2.19. The van der Waals surface area contributed by atoms with Gasteiger partial charge in [0.1, 0.15) is 0 Å². The molecule has 1 rings (SSSR count). The third kappa shape index (κ3) is 8.50. The van der Waals surface area contributed by atoms with Gasteiger partial charge >= 0.3 is 0 Å². The third-order valence-electron chi connectivity index (χ3n) is 3.40. The maximum Gasteiger partial charge on any atom is 0.193 e. The van der Waals surface area contributed by atoms with Gasteiger partial charge in [0.15, 0.2) is 5.96 Å². The maximum atomic E-state index is 5.55. The van der Waals surface area contributed by atoms with E-state index in [0.717, 1.165) is 44.5 Å². The summed E-state index contributed by atoms with van der Waals surface area (Å²) in [6.07, 6.45) is 1.34. The molecule has 1 aliphatic rings. The Labute approximate surface area is 151 Å². The number of halogens is 1. The van der Waals surface area contributed by atoms with Crippen molar-refractivity contribution >= 4 is 41.7 Å². The SMILES string of the molecule is CN=C(NCCCOC(C)C)N1CCSC(C(C)C)C1.I. The van der Waals surface area contributed by atoms with Gasteiger partial charge in [-0.05, 0) is 26.2 Å². The second-order valence-corrected chi connectivity index (χ2v) is 7.19. The summed E-state index contributed by atoms with van der Waals surface area (Å²) in [5.41, 5.74) is 0. The molecule has 1 aliphatic heterocycles. The van der Waals surface area contributed by atoms with Gasteiger partial charge in [0.25, 0.3) is 0 Å². The van der Waals surface area contributed by atoms with Crippen molar-refractivity contribution in [2.45, 2.75) is 45.5 Å². The summed E-state index contributed by atoms with van der Waals surface area (Å²) < 4.78 is 5.55. The molecule has 1 heterocycles. The minimum Gasteiger partial charge on any atom is -0.379 e. The average Bonchev–Trinajstić information content (AvgIpc) is 2.42. The zero-order valence-electron chi connectivity index (χ0n) is 14.1. The van der Waals surface area contributed by atoms with Crippen molar-refractivity contribution in [3.05, 3.63) is 0 Å². The van der Waals surface area contributed by atoms with Crippen molar-refractivity contribution in [1.29, 1.82) is 0 Å². The van der Waals surface area contributed by atoms with Crippen LogP contribution < -0.4 is 5.32 Å². The Morgan fingerprint density at radius 2 is 2.10 bits per heavy atom. The van der Waals surface area contributed by atoms with Crippen LogP contribution in [0.5, 0.6) is 0 Å². The van der Waals surface area contributed by atoms with Crippen LogP contribution in [-0.4, -0.2) is 61.3 Å². The second kappa shape index (κ2) is 11.8. The van der Waals surface area contributed by atoms with Gasteiger partial charge in [-0.15, -0.1) is 24.0 Å². The van der Waals surface area contributed by atoms with E-state index in [-0.39, 0.29) is 24.0 Å². The van der Waals surface area contributed by atoms with Crippen LogP contribution in [0.2, 0.25) is 0 Å². The molecule has 6 heteroatoms. The van der Waals surface area contributed by atoms with E-state index in [2.05, 4.69) is 54.7 Å². The number of guanidine groups is 1. The van der Waals surface area contributed by atoms with Gasteiger partial charge in [-0.1, -0.05) is 13.8 Å². The van der Waals surface area contributed by atoms with E-state index in [4.69, 9.17) is 4.74 Å². The summed E-state index contributed by atoms with van der Waals surface area (Å²) in [5, 5.41) is 4.17. The summed E-state index contributed by atoms with van der Waals surface area (Å²) >= 11 is 2.09. The molecule has 0 saturated carbocycles. The maximum absolute atomic E-state index is 5.55. The Bertz CT molecular complexity index is 301. The van der Waals surface area contributed by atoms with E-state index in [1.807, 2.05) is 7.05 Å². The van der Waals surface area contributed by atoms with Gasteiger partial charge in [0.2, 0.25) is 0 Å². The van der Waals surface area contributed by atoms with Crippen LogP contribution in [0.3, 0.4) is 0 Å². The highest BCUT2D eigenvalue weighted by Crippen LogP contribution is 2.24. The molecule has 0 spiro atoms. The highest BCUT2D eigenvalue weighted by atomic mass is 127. The standard InChI is InChI=1S/C15H31N3OS.HI/c1-12(2)14-11-18(8-10-20-14)15(16-5)17-7-6-9-19-13(3)4;/h12-14H,6-11H2,1-5H3,(H,16,17);1H. The molecule has 126 valence electrons. The lowest BCUT2D eigenvalue weighted by Crippen LogP contribution is -2.49. The minimum atomic E-state index is 0. The molecular formula is C15H32IN3OS. The van der Waals surface area contributed by atoms with Gasteiger partial charge < -0.3 is 15.0 Å². The van der Waals surface area contributed by atoms with E-state index in [9.17, 15) is 0 Å². The normalized spacial score (nSPS) is 19.9. The summed E-state index contributed by atoms with van der Waals surface area (Å²) in [6, 6.07) is 0. The lowest BCUT2D eigenvalue weighted by Gasteiger charge is -2.36. The third-order valence-corrected chi connectivity index (χ3v) is 4.94. The molecule has 0 radical (unpaired) electrons. The first kappa shape index (κ1) is 21.3.